The molecule has 0 aliphatic carbocycles. The van der Waals surface area contributed by atoms with Gasteiger partial charge in [-0.1, -0.05) is 0 Å². The summed E-state index contributed by atoms with van der Waals surface area (Å²) in [7, 11) is 1.45. The number of rotatable bonds is 2. The highest BCUT2D eigenvalue weighted by molar-refractivity contribution is 7.10. The maximum absolute atomic E-state index is 13.0. The minimum absolute atomic E-state index is 0.100. The van der Waals surface area contributed by atoms with E-state index in [9.17, 15) is 14.4 Å². The highest BCUT2D eigenvalue weighted by Crippen LogP contribution is 2.27. The Morgan fingerprint density at radius 3 is 2.96 bits per heavy atom. The molecule has 2 aromatic heterocycles. The lowest BCUT2D eigenvalue weighted by Crippen LogP contribution is -2.47. The minimum Gasteiger partial charge on any atom is -0.357 e. The quantitative estimate of drug-likeness (QED) is 0.849. The lowest BCUT2D eigenvalue weighted by atomic mass is 9.95. The van der Waals surface area contributed by atoms with Crippen LogP contribution in [0, 0.1) is 5.92 Å². The van der Waals surface area contributed by atoms with Crippen LogP contribution in [0.4, 0.5) is 5.82 Å². The number of nitrogens with one attached hydrogen (secondary N) is 1. The largest absolute Gasteiger partial charge is 0.357 e. The number of anilines is 1. The van der Waals surface area contributed by atoms with E-state index in [1.165, 1.54) is 23.6 Å². The molecule has 1 fully saturated rings. The van der Waals surface area contributed by atoms with E-state index in [1.807, 2.05) is 9.80 Å². The standard InChI is InChI=1S/C18H22N4O3S/c1-20-16(23)9-15(19-18(20)25)21-6-2-3-13(11-21)17(24)22-7-4-14-12(10-22)5-8-26-14/h5,8-9,13H,2-4,6-7,10-11H2,1H3,(H,19,25). The van der Waals surface area contributed by atoms with Crippen molar-refractivity contribution in [2.75, 3.05) is 24.5 Å². The molecule has 0 radical (unpaired) electrons. The minimum atomic E-state index is -0.429. The average Bonchev–Trinajstić information content (AvgIpc) is 3.13. The Hall–Kier alpha value is -2.35. The number of H-pyrrole nitrogens is 1. The Morgan fingerprint density at radius 1 is 1.31 bits per heavy atom. The predicted octanol–water partition coefficient (Wildman–Crippen LogP) is 0.936. The van der Waals surface area contributed by atoms with Crippen molar-refractivity contribution in [3.05, 3.63) is 48.8 Å². The van der Waals surface area contributed by atoms with Gasteiger partial charge in [0.1, 0.15) is 5.82 Å². The maximum Gasteiger partial charge on any atom is 0.329 e. The molecule has 0 saturated carbocycles. The number of hydrogen-bond donors (Lipinski definition) is 1. The highest BCUT2D eigenvalue weighted by Gasteiger charge is 2.31. The molecule has 1 saturated heterocycles. The van der Waals surface area contributed by atoms with Crippen molar-refractivity contribution in [1.82, 2.24) is 14.5 Å². The molecule has 8 heteroatoms. The van der Waals surface area contributed by atoms with Crippen LogP contribution in [0.3, 0.4) is 0 Å². The van der Waals surface area contributed by atoms with E-state index < -0.39 is 5.69 Å². The van der Waals surface area contributed by atoms with Gasteiger partial charge in [-0.25, -0.2) is 4.79 Å². The molecule has 2 aliphatic heterocycles. The van der Waals surface area contributed by atoms with Gasteiger partial charge in [0.05, 0.1) is 5.92 Å². The van der Waals surface area contributed by atoms with Crippen LogP contribution in [-0.2, 0) is 24.8 Å². The molecule has 4 heterocycles. The number of aromatic amines is 1. The summed E-state index contributed by atoms with van der Waals surface area (Å²) >= 11 is 1.76. The molecule has 0 aromatic carbocycles. The lowest BCUT2D eigenvalue weighted by molar-refractivity contribution is -0.136. The fraction of sp³-hybridized carbons (Fsp3) is 0.500. The van der Waals surface area contributed by atoms with E-state index in [1.54, 1.807) is 11.3 Å². The topological polar surface area (TPSA) is 78.4 Å². The van der Waals surface area contributed by atoms with Crippen LogP contribution in [0.5, 0.6) is 0 Å². The number of hydrogen-bond acceptors (Lipinski definition) is 5. The summed E-state index contributed by atoms with van der Waals surface area (Å²) in [6.45, 7) is 2.74. The van der Waals surface area contributed by atoms with Gasteiger partial charge >= 0.3 is 5.69 Å². The van der Waals surface area contributed by atoms with Gasteiger partial charge in [-0.2, -0.15) is 0 Å². The number of piperidine rings is 1. The predicted molar refractivity (Wildman–Crippen MR) is 101 cm³/mol. The Kier molecular flexibility index (Phi) is 4.44. The molecule has 1 atom stereocenters. The van der Waals surface area contributed by atoms with E-state index in [4.69, 9.17) is 0 Å². The van der Waals surface area contributed by atoms with Gasteiger partial charge in [0.15, 0.2) is 0 Å². The molecule has 2 aliphatic rings. The summed E-state index contributed by atoms with van der Waals surface area (Å²) in [4.78, 5) is 44.8. The van der Waals surface area contributed by atoms with Crippen LogP contribution in [0.15, 0.2) is 27.1 Å². The number of nitrogens with zero attached hydrogens (tertiary/aromatic N) is 3. The summed E-state index contributed by atoms with van der Waals surface area (Å²) < 4.78 is 1.04. The van der Waals surface area contributed by atoms with Gasteiger partial charge in [0.25, 0.3) is 5.56 Å². The third-order valence-electron chi connectivity index (χ3n) is 5.36. The molecule has 4 rings (SSSR count). The molecule has 0 spiro atoms. The van der Waals surface area contributed by atoms with E-state index in [2.05, 4.69) is 16.4 Å². The molecular formula is C18H22N4O3S. The zero-order valence-electron chi connectivity index (χ0n) is 14.7. The lowest BCUT2D eigenvalue weighted by Gasteiger charge is -2.36. The third kappa shape index (κ3) is 3.09. The van der Waals surface area contributed by atoms with Gasteiger partial charge in [-0.05, 0) is 36.3 Å². The van der Waals surface area contributed by atoms with Crippen molar-refractivity contribution < 1.29 is 4.79 Å². The van der Waals surface area contributed by atoms with E-state index in [0.29, 0.717) is 18.9 Å². The van der Waals surface area contributed by atoms with Crippen molar-refractivity contribution >= 4 is 23.1 Å². The summed E-state index contributed by atoms with van der Waals surface area (Å²) in [6, 6.07) is 3.55. The van der Waals surface area contributed by atoms with Crippen LogP contribution in [0.2, 0.25) is 0 Å². The molecule has 2 aromatic rings. The third-order valence-corrected chi connectivity index (χ3v) is 6.38. The van der Waals surface area contributed by atoms with Crippen molar-refractivity contribution in [2.45, 2.75) is 25.8 Å². The number of carbonyl (C=O) groups excluding carboxylic acids is 1. The van der Waals surface area contributed by atoms with Gasteiger partial charge in [0.2, 0.25) is 5.91 Å². The molecular weight excluding hydrogens is 352 g/mol. The first-order chi connectivity index (χ1) is 12.5. The van der Waals surface area contributed by atoms with E-state index in [-0.39, 0.29) is 17.4 Å². The molecule has 1 N–H and O–H groups in total. The number of carbonyl (C=O) groups is 1. The fourth-order valence-corrected chi connectivity index (χ4v) is 4.70. The summed E-state index contributed by atoms with van der Waals surface area (Å²) in [6.07, 6.45) is 2.64. The molecule has 7 nitrogen and oxygen atoms in total. The Labute approximate surface area is 154 Å². The normalized spacial score (nSPS) is 20.1. The second-order valence-electron chi connectivity index (χ2n) is 7.02. The van der Waals surface area contributed by atoms with Crippen molar-refractivity contribution in [2.24, 2.45) is 13.0 Å². The highest BCUT2D eigenvalue weighted by atomic mass is 32.1. The smallest absolute Gasteiger partial charge is 0.329 e. The monoisotopic (exact) mass is 374 g/mol. The second kappa shape index (κ2) is 6.75. The maximum atomic E-state index is 13.0. The van der Waals surface area contributed by atoms with Crippen LogP contribution in [-0.4, -0.2) is 40.0 Å². The van der Waals surface area contributed by atoms with Crippen molar-refractivity contribution in [3.8, 4) is 0 Å². The second-order valence-corrected chi connectivity index (χ2v) is 8.02. The molecule has 0 bridgehead atoms. The Balaban J connectivity index is 1.49. The number of aromatic nitrogens is 2. The van der Waals surface area contributed by atoms with Crippen LogP contribution < -0.4 is 16.1 Å². The fourth-order valence-electron chi connectivity index (χ4n) is 3.81. The van der Waals surface area contributed by atoms with Gasteiger partial charge in [-0.15, -0.1) is 11.3 Å². The first-order valence-electron chi connectivity index (χ1n) is 8.92. The zero-order valence-corrected chi connectivity index (χ0v) is 15.6. The van der Waals surface area contributed by atoms with Crippen LogP contribution in [0.1, 0.15) is 23.3 Å². The van der Waals surface area contributed by atoms with Gasteiger partial charge in [-0.3, -0.25) is 19.1 Å². The van der Waals surface area contributed by atoms with Crippen LogP contribution in [0.25, 0.3) is 0 Å². The average molecular weight is 374 g/mol. The first-order valence-corrected chi connectivity index (χ1v) is 9.80. The molecule has 1 unspecified atom stereocenters. The summed E-state index contributed by atoms with van der Waals surface area (Å²) in [5.74, 6) is 0.587. The molecule has 138 valence electrons. The van der Waals surface area contributed by atoms with Crippen molar-refractivity contribution in [3.63, 3.8) is 0 Å². The number of thiophene rings is 1. The first kappa shape index (κ1) is 17.1. The van der Waals surface area contributed by atoms with E-state index >= 15 is 0 Å². The van der Waals surface area contributed by atoms with Crippen LogP contribution >= 0.6 is 11.3 Å². The zero-order chi connectivity index (χ0) is 18.3. The van der Waals surface area contributed by atoms with Crippen molar-refractivity contribution in [1.29, 1.82) is 0 Å². The summed E-state index contributed by atoms with van der Waals surface area (Å²) in [5.41, 5.74) is 0.498. The molecule has 26 heavy (non-hydrogen) atoms. The number of fused-ring (bicyclic) bond motifs is 1. The Morgan fingerprint density at radius 2 is 2.15 bits per heavy atom. The SMILES string of the molecule is Cn1c(=O)cc(N2CCCC(C(=O)N3CCc4sccc4C3)C2)[nH]c1=O. The number of amides is 1. The Bertz CT molecular complexity index is 913. The summed E-state index contributed by atoms with van der Waals surface area (Å²) in [5, 5.41) is 2.09. The van der Waals surface area contributed by atoms with Gasteiger partial charge < -0.3 is 9.80 Å². The van der Waals surface area contributed by atoms with E-state index in [0.717, 1.165) is 36.9 Å². The van der Waals surface area contributed by atoms with Gasteiger partial charge in [0, 0.05) is 44.2 Å². The molecule has 1 amide bonds.